The molecule has 7 nitrogen and oxygen atoms in total. The van der Waals surface area contributed by atoms with Gasteiger partial charge in [0.2, 0.25) is 5.91 Å². The average molecular weight is 266 g/mol. The summed E-state index contributed by atoms with van der Waals surface area (Å²) in [5, 5.41) is 21.6. The zero-order valence-corrected chi connectivity index (χ0v) is 10.3. The molecule has 1 rings (SSSR count). The summed E-state index contributed by atoms with van der Waals surface area (Å²) in [6.45, 7) is 1.63. The van der Waals surface area contributed by atoms with E-state index in [0.29, 0.717) is 5.69 Å². The lowest BCUT2D eigenvalue weighted by Crippen LogP contribution is -2.21. The second-order valence-electron chi connectivity index (χ2n) is 4.13. The summed E-state index contributed by atoms with van der Waals surface area (Å²) in [7, 11) is 0. The van der Waals surface area contributed by atoms with Crippen molar-refractivity contribution in [3.63, 3.8) is 0 Å². The summed E-state index contributed by atoms with van der Waals surface area (Å²) in [5.41, 5.74) is 0.384. The van der Waals surface area contributed by atoms with Crippen molar-refractivity contribution in [3.05, 3.63) is 34.4 Å². The lowest BCUT2D eigenvalue weighted by atomic mass is 10.0. The van der Waals surface area contributed by atoms with Gasteiger partial charge in [0.05, 0.1) is 4.92 Å². The van der Waals surface area contributed by atoms with Crippen molar-refractivity contribution in [3.8, 4) is 0 Å². The van der Waals surface area contributed by atoms with E-state index in [1.54, 1.807) is 6.92 Å². The van der Waals surface area contributed by atoms with Crippen LogP contribution in [0.4, 0.5) is 11.4 Å². The molecular weight excluding hydrogens is 252 g/mol. The van der Waals surface area contributed by atoms with Crippen molar-refractivity contribution >= 4 is 23.3 Å². The van der Waals surface area contributed by atoms with Crippen LogP contribution in [0.15, 0.2) is 24.3 Å². The Morgan fingerprint density at radius 2 is 1.95 bits per heavy atom. The minimum Gasteiger partial charge on any atom is -0.481 e. The highest BCUT2D eigenvalue weighted by atomic mass is 16.6. The Morgan fingerprint density at radius 3 is 2.42 bits per heavy atom. The van der Waals surface area contributed by atoms with Crippen LogP contribution >= 0.6 is 0 Å². The van der Waals surface area contributed by atoms with Gasteiger partial charge in [0.25, 0.3) is 5.69 Å². The molecule has 2 N–H and O–H groups in total. The van der Waals surface area contributed by atoms with Crippen molar-refractivity contribution in [2.75, 3.05) is 5.32 Å². The lowest BCUT2D eigenvalue weighted by molar-refractivity contribution is -0.384. The summed E-state index contributed by atoms with van der Waals surface area (Å²) in [4.78, 5) is 32.0. The minimum atomic E-state index is -0.949. The molecule has 19 heavy (non-hydrogen) atoms. The highest BCUT2D eigenvalue weighted by Gasteiger charge is 2.15. The molecule has 0 spiro atoms. The Morgan fingerprint density at radius 1 is 1.37 bits per heavy atom. The fourth-order valence-corrected chi connectivity index (χ4v) is 1.40. The number of rotatable bonds is 6. The fraction of sp³-hybridized carbons (Fsp3) is 0.333. The van der Waals surface area contributed by atoms with Gasteiger partial charge in [-0.3, -0.25) is 19.7 Å². The highest BCUT2D eigenvalue weighted by Crippen LogP contribution is 2.17. The van der Waals surface area contributed by atoms with Gasteiger partial charge < -0.3 is 10.4 Å². The molecule has 0 fully saturated rings. The van der Waals surface area contributed by atoms with E-state index in [1.807, 2.05) is 0 Å². The molecule has 1 atom stereocenters. The van der Waals surface area contributed by atoms with Gasteiger partial charge in [0.15, 0.2) is 0 Å². The van der Waals surface area contributed by atoms with Crippen molar-refractivity contribution < 1.29 is 19.6 Å². The topological polar surface area (TPSA) is 110 Å². The first-order valence-electron chi connectivity index (χ1n) is 5.67. The Bertz CT molecular complexity index is 483. The van der Waals surface area contributed by atoms with Gasteiger partial charge in [0.1, 0.15) is 0 Å². The predicted octanol–water partition coefficient (Wildman–Crippen LogP) is 2.03. The lowest BCUT2D eigenvalue weighted by Gasteiger charge is -2.10. The highest BCUT2D eigenvalue weighted by molar-refractivity contribution is 5.92. The van der Waals surface area contributed by atoms with Crippen LogP contribution in [0.3, 0.4) is 0 Å². The molecule has 0 aromatic heterocycles. The van der Waals surface area contributed by atoms with Crippen LogP contribution in [0.25, 0.3) is 0 Å². The zero-order valence-electron chi connectivity index (χ0n) is 10.3. The molecule has 1 amide bonds. The zero-order chi connectivity index (χ0) is 14.4. The molecule has 0 aliphatic rings. The number of nitro groups is 1. The first-order valence-corrected chi connectivity index (χ1v) is 5.67. The van der Waals surface area contributed by atoms with Crippen LogP contribution in [0, 0.1) is 16.0 Å². The molecule has 0 heterocycles. The number of aliphatic carboxylic acids is 1. The largest absolute Gasteiger partial charge is 0.481 e. The summed E-state index contributed by atoms with van der Waals surface area (Å²) in [5.74, 6) is -1.70. The number of carbonyl (C=O) groups is 2. The number of nitrogens with one attached hydrogen (secondary N) is 1. The molecule has 0 radical (unpaired) electrons. The fourth-order valence-electron chi connectivity index (χ4n) is 1.40. The number of amides is 1. The SMILES string of the molecule is C[C@H](CCC(=O)O)C(=O)Nc1ccc([N+](=O)[O-])cc1. The third-order valence-electron chi connectivity index (χ3n) is 2.58. The van der Waals surface area contributed by atoms with E-state index in [2.05, 4.69) is 5.32 Å². The molecule has 1 aromatic rings. The standard InChI is InChI=1S/C12H14N2O5/c1-8(2-7-11(15)16)12(17)13-9-3-5-10(6-4-9)14(18)19/h3-6,8H,2,7H2,1H3,(H,13,17)(H,15,16)/t8-/m1/s1. The summed E-state index contributed by atoms with van der Waals surface area (Å²) >= 11 is 0. The van der Waals surface area contributed by atoms with Crippen molar-refractivity contribution in [1.29, 1.82) is 0 Å². The number of benzene rings is 1. The predicted molar refractivity (Wildman–Crippen MR) is 67.8 cm³/mol. The quantitative estimate of drug-likeness (QED) is 0.604. The summed E-state index contributed by atoms with van der Waals surface area (Å²) in [6.07, 6.45) is 0.170. The number of hydrogen-bond donors (Lipinski definition) is 2. The van der Waals surface area contributed by atoms with Crippen LogP contribution in [0.1, 0.15) is 19.8 Å². The maximum Gasteiger partial charge on any atom is 0.303 e. The Kier molecular flexibility index (Phi) is 4.99. The van der Waals surface area contributed by atoms with Gasteiger partial charge in [-0.2, -0.15) is 0 Å². The van der Waals surface area contributed by atoms with E-state index < -0.39 is 16.8 Å². The number of carboxylic acid groups (broad SMARTS) is 1. The van der Waals surface area contributed by atoms with E-state index in [0.717, 1.165) is 0 Å². The maximum atomic E-state index is 11.7. The van der Waals surface area contributed by atoms with E-state index in [1.165, 1.54) is 24.3 Å². The maximum absolute atomic E-state index is 11.7. The van der Waals surface area contributed by atoms with Gasteiger partial charge in [-0.25, -0.2) is 0 Å². The molecule has 0 aliphatic heterocycles. The monoisotopic (exact) mass is 266 g/mol. The number of non-ortho nitro benzene ring substituents is 1. The number of hydrogen-bond acceptors (Lipinski definition) is 4. The van der Waals surface area contributed by atoms with E-state index >= 15 is 0 Å². The number of anilines is 1. The average Bonchev–Trinajstić information content (AvgIpc) is 2.36. The van der Waals surface area contributed by atoms with Crippen LogP contribution in [-0.2, 0) is 9.59 Å². The Balaban J connectivity index is 2.56. The molecule has 0 aliphatic carbocycles. The molecule has 0 saturated carbocycles. The smallest absolute Gasteiger partial charge is 0.303 e. The van der Waals surface area contributed by atoms with Crippen LogP contribution < -0.4 is 5.32 Å². The van der Waals surface area contributed by atoms with Gasteiger partial charge in [-0.05, 0) is 18.6 Å². The van der Waals surface area contributed by atoms with E-state index in [4.69, 9.17) is 5.11 Å². The molecular formula is C12H14N2O5. The van der Waals surface area contributed by atoms with Crippen molar-refractivity contribution in [2.24, 2.45) is 5.92 Å². The molecule has 0 saturated heterocycles. The van der Waals surface area contributed by atoms with E-state index in [9.17, 15) is 19.7 Å². The van der Waals surface area contributed by atoms with Gasteiger partial charge in [0, 0.05) is 30.2 Å². The number of nitro benzene ring substituents is 1. The van der Waals surface area contributed by atoms with Gasteiger partial charge >= 0.3 is 5.97 Å². The minimum absolute atomic E-state index is 0.0584. The number of carbonyl (C=O) groups excluding carboxylic acids is 1. The van der Waals surface area contributed by atoms with Crippen molar-refractivity contribution in [1.82, 2.24) is 0 Å². The molecule has 1 aromatic carbocycles. The number of carboxylic acids is 1. The van der Waals surface area contributed by atoms with Crippen LogP contribution in [0.5, 0.6) is 0 Å². The first-order chi connectivity index (χ1) is 8.90. The second kappa shape index (κ2) is 6.48. The third kappa shape index (κ3) is 4.74. The Hall–Kier alpha value is -2.44. The molecule has 102 valence electrons. The van der Waals surface area contributed by atoms with Crippen LogP contribution in [-0.4, -0.2) is 21.9 Å². The van der Waals surface area contributed by atoms with Gasteiger partial charge in [-0.15, -0.1) is 0 Å². The van der Waals surface area contributed by atoms with Gasteiger partial charge in [-0.1, -0.05) is 6.92 Å². The van der Waals surface area contributed by atoms with Crippen LogP contribution in [0.2, 0.25) is 0 Å². The Labute approximate surface area is 109 Å². The van der Waals surface area contributed by atoms with Crippen molar-refractivity contribution in [2.45, 2.75) is 19.8 Å². The summed E-state index contributed by atoms with van der Waals surface area (Å²) in [6, 6.07) is 5.44. The number of nitrogens with zero attached hydrogens (tertiary/aromatic N) is 1. The molecule has 0 bridgehead atoms. The molecule has 0 unspecified atom stereocenters. The first kappa shape index (κ1) is 14.6. The summed E-state index contributed by atoms with van der Waals surface area (Å²) < 4.78 is 0. The normalized spacial score (nSPS) is 11.6. The molecule has 7 heteroatoms. The van der Waals surface area contributed by atoms with E-state index in [-0.39, 0.29) is 24.4 Å². The second-order valence-corrected chi connectivity index (χ2v) is 4.13. The third-order valence-corrected chi connectivity index (χ3v) is 2.58.